The summed E-state index contributed by atoms with van der Waals surface area (Å²) < 4.78 is 0. The number of amides is 1. The SMILES string of the molecule is CC(C)(C#N)N(C(=O)O)[C@@H](CO)c1ccccc1. The lowest BCUT2D eigenvalue weighted by Gasteiger charge is -2.36. The van der Waals surface area contributed by atoms with Gasteiger partial charge in [0.15, 0.2) is 0 Å². The van der Waals surface area contributed by atoms with Gasteiger partial charge in [-0.2, -0.15) is 5.26 Å². The molecule has 18 heavy (non-hydrogen) atoms. The van der Waals surface area contributed by atoms with E-state index in [1.165, 1.54) is 13.8 Å². The molecule has 1 aromatic rings. The van der Waals surface area contributed by atoms with Crippen molar-refractivity contribution in [3.05, 3.63) is 35.9 Å². The zero-order chi connectivity index (χ0) is 13.8. The fraction of sp³-hybridized carbons (Fsp3) is 0.385. The number of hydrogen-bond acceptors (Lipinski definition) is 3. The molecule has 0 spiro atoms. The Balaban J connectivity index is 3.20. The van der Waals surface area contributed by atoms with E-state index in [0.29, 0.717) is 5.56 Å². The average molecular weight is 248 g/mol. The lowest BCUT2D eigenvalue weighted by atomic mass is 9.98. The van der Waals surface area contributed by atoms with Crippen LogP contribution in [0.4, 0.5) is 4.79 Å². The largest absolute Gasteiger partial charge is 0.465 e. The summed E-state index contributed by atoms with van der Waals surface area (Å²) in [5.41, 5.74) is -0.555. The minimum atomic E-state index is -1.23. The van der Waals surface area contributed by atoms with Crippen LogP contribution in [-0.2, 0) is 0 Å². The van der Waals surface area contributed by atoms with Crippen LogP contribution in [-0.4, -0.2) is 33.4 Å². The molecular formula is C13H16N2O3. The molecule has 0 heterocycles. The van der Waals surface area contributed by atoms with E-state index in [1.807, 2.05) is 6.07 Å². The van der Waals surface area contributed by atoms with E-state index in [1.54, 1.807) is 30.3 Å². The highest BCUT2D eigenvalue weighted by atomic mass is 16.4. The van der Waals surface area contributed by atoms with Gasteiger partial charge in [0.05, 0.1) is 18.7 Å². The molecule has 0 unspecified atom stereocenters. The van der Waals surface area contributed by atoms with Gasteiger partial charge in [0.1, 0.15) is 5.54 Å². The molecule has 1 aromatic carbocycles. The van der Waals surface area contributed by atoms with Crippen LogP contribution in [0, 0.1) is 11.3 Å². The summed E-state index contributed by atoms with van der Waals surface area (Å²) in [7, 11) is 0. The molecule has 0 saturated heterocycles. The Hall–Kier alpha value is -2.06. The maximum atomic E-state index is 11.3. The third-order valence-corrected chi connectivity index (χ3v) is 2.75. The van der Waals surface area contributed by atoms with Crippen molar-refractivity contribution in [2.45, 2.75) is 25.4 Å². The van der Waals surface area contributed by atoms with Gasteiger partial charge in [0.25, 0.3) is 0 Å². The third kappa shape index (κ3) is 2.79. The van der Waals surface area contributed by atoms with Gasteiger partial charge in [-0.15, -0.1) is 0 Å². The van der Waals surface area contributed by atoms with Gasteiger partial charge in [-0.3, -0.25) is 4.90 Å². The molecule has 1 amide bonds. The smallest absolute Gasteiger partial charge is 0.409 e. The Labute approximate surface area is 106 Å². The molecule has 5 heteroatoms. The summed E-state index contributed by atoms with van der Waals surface area (Å²) in [6, 6.07) is 9.97. The van der Waals surface area contributed by atoms with Crippen molar-refractivity contribution in [3.8, 4) is 6.07 Å². The van der Waals surface area contributed by atoms with Gasteiger partial charge in [0, 0.05) is 0 Å². The first-order valence-corrected chi connectivity index (χ1v) is 5.53. The highest BCUT2D eigenvalue weighted by Gasteiger charge is 2.37. The molecule has 0 aliphatic heterocycles. The van der Waals surface area contributed by atoms with Crippen molar-refractivity contribution in [3.63, 3.8) is 0 Å². The van der Waals surface area contributed by atoms with Gasteiger partial charge in [-0.1, -0.05) is 30.3 Å². The van der Waals surface area contributed by atoms with E-state index in [4.69, 9.17) is 5.26 Å². The fourth-order valence-corrected chi connectivity index (χ4v) is 1.83. The molecular weight excluding hydrogens is 232 g/mol. The quantitative estimate of drug-likeness (QED) is 0.853. The van der Waals surface area contributed by atoms with Crippen LogP contribution in [0.25, 0.3) is 0 Å². The Morgan fingerprint density at radius 1 is 1.44 bits per heavy atom. The second-order valence-corrected chi connectivity index (χ2v) is 4.43. The zero-order valence-electron chi connectivity index (χ0n) is 10.4. The lowest BCUT2D eigenvalue weighted by molar-refractivity contribution is 0.0592. The number of nitrogens with zero attached hydrogens (tertiary/aromatic N) is 2. The topological polar surface area (TPSA) is 84.6 Å². The van der Waals surface area contributed by atoms with Crippen LogP contribution < -0.4 is 0 Å². The van der Waals surface area contributed by atoms with Crippen molar-refractivity contribution in [1.82, 2.24) is 4.90 Å². The van der Waals surface area contributed by atoms with Gasteiger partial charge in [0.2, 0.25) is 0 Å². The van der Waals surface area contributed by atoms with Crippen LogP contribution >= 0.6 is 0 Å². The van der Waals surface area contributed by atoms with Crippen LogP contribution in [0.15, 0.2) is 30.3 Å². The molecule has 0 aromatic heterocycles. The van der Waals surface area contributed by atoms with Gasteiger partial charge in [-0.25, -0.2) is 4.79 Å². The molecule has 0 bridgehead atoms. The molecule has 0 radical (unpaired) electrons. The lowest BCUT2D eigenvalue weighted by Crippen LogP contribution is -2.49. The summed E-state index contributed by atoms with van der Waals surface area (Å²) in [4.78, 5) is 12.3. The van der Waals surface area contributed by atoms with Crippen molar-refractivity contribution >= 4 is 6.09 Å². The number of nitriles is 1. The predicted molar refractivity (Wildman–Crippen MR) is 65.8 cm³/mol. The van der Waals surface area contributed by atoms with E-state index in [-0.39, 0.29) is 6.61 Å². The van der Waals surface area contributed by atoms with Gasteiger partial charge in [-0.05, 0) is 19.4 Å². The van der Waals surface area contributed by atoms with Crippen LogP contribution in [0.1, 0.15) is 25.5 Å². The molecule has 0 aliphatic carbocycles. The van der Waals surface area contributed by atoms with Crippen molar-refractivity contribution < 1.29 is 15.0 Å². The normalized spacial score (nSPS) is 12.6. The molecule has 2 N–H and O–H groups in total. The van der Waals surface area contributed by atoms with Crippen LogP contribution in [0.5, 0.6) is 0 Å². The third-order valence-electron chi connectivity index (χ3n) is 2.75. The van der Waals surface area contributed by atoms with E-state index < -0.39 is 17.7 Å². The summed E-state index contributed by atoms with van der Waals surface area (Å²) in [6.45, 7) is 2.64. The molecule has 0 aliphatic rings. The summed E-state index contributed by atoms with van der Waals surface area (Å²) in [5, 5.41) is 27.8. The maximum absolute atomic E-state index is 11.3. The Morgan fingerprint density at radius 3 is 2.39 bits per heavy atom. The number of benzene rings is 1. The van der Waals surface area contributed by atoms with Crippen molar-refractivity contribution in [2.75, 3.05) is 6.61 Å². The molecule has 5 nitrogen and oxygen atoms in total. The Morgan fingerprint density at radius 2 is 2.00 bits per heavy atom. The first kappa shape index (κ1) is 14.0. The highest BCUT2D eigenvalue weighted by Crippen LogP contribution is 2.27. The number of aliphatic hydroxyl groups excluding tert-OH is 1. The van der Waals surface area contributed by atoms with Crippen molar-refractivity contribution in [2.24, 2.45) is 0 Å². The molecule has 96 valence electrons. The standard InChI is InChI=1S/C13H16N2O3/c1-13(2,9-14)15(12(17)18)11(8-16)10-6-4-3-5-7-10/h3-7,11,16H,8H2,1-2H3,(H,17,18)/t11-/m0/s1. The zero-order valence-corrected chi connectivity index (χ0v) is 10.4. The number of rotatable bonds is 4. The highest BCUT2D eigenvalue weighted by molar-refractivity contribution is 5.67. The minimum Gasteiger partial charge on any atom is -0.465 e. The molecule has 0 fully saturated rings. The summed E-state index contributed by atoms with van der Waals surface area (Å²) in [5.74, 6) is 0. The fourth-order valence-electron chi connectivity index (χ4n) is 1.83. The van der Waals surface area contributed by atoms with Crippen LogP contribution in [0.2, 0.25) is 0 Å². The van der Waals surface area contributed by atoms with Crippen molar-refractivity contribution in [1.29, 1.82) is 5.26 Å². The predicted octanol–water partition coefficient (Wildman–Crippen LogP) is 2.00. The molecule has 0 saturated carbocycles. The molecule has 1 atom stereocenters. The number of aliphatic hydroxyl groups is 1. The second-order valence-electron chi connectivity index (χ2n) is 4.43. The Bertz CT molecular complexity index is 451. The van der Waals surface area contributed by atoms with Gasteiger partial charge >= 0.3 is 6.09 Å². The first-order chi connectivity index (χ1) is 8.44. The first-order valence-electron chi connectivity index (χ1n) is 5.53. The maximum Gasteiger partial charge on any atom is 0.409 e. The Kier molecular flexibility index (Phi) is 4.29. The summed E-state index contributed by atoms with van der Waals surface area (Å²) >= 11 is 0. The second kappa shape index (κ2) is 5.52. The van der Waals surface area contributed by atoms with Gasteiger partial charge < -0.3 is 10.2 Å². The number of carbonyl (C=O) groups is 1. The van der Waals surface area contributed by atoms with Crippen LogP contribution in [0.3, 0.4) is 0 Å². The average Bonchev–Trinajstić information content (AvgIpc) is 2.36. The monoisotopic (exact) mass is 248 g/mol. The summed E-state index contributed by atoms with van der Waals surface area (Å²) in [6.07, 6.45) is -1.23. The van der Waals surface area contributed by atoms with E-state index in [0.717, 1.165) is 4.90 Å². The number of carboxylic acid groups (broad SMARTS) is 1. The van der Waals surface area contributed by atoms with E-state index in [2.05, 4.69) is 0 Å². The molecule has 1 rings (SSSR count). The minimum absolute atomic E-state index is 0.374. The van der Waals surface area contributed by atoms with E-state index in [9.17, 15) is 15.0 Å². The van der Waals surface area contributed by atoms with E-state index >= 15 is 0 Å². The number of hydrogen-bond donors (Lipinski definition) is 2.